The number of nitrogens with two attached hydrogens (primary N) is 1. The first kappa shape index (κ1) is 12.3. The summed E-state index contributed by atoms with van der Waals surface area (Å²) in [4.78, 5) is 0. The summed E-state index contributed by atoms with van der Waals surface area (Å²) < 4.78 is 12.3. The molecule has 1 saturated carbocycles. The molecule has 98 valence electrons. The van der Waals surface area contributed by atoms with Crippen molar-refractivity contribution in [2.75, 3.05) is 13.2 Å². The van der Waals surface area contributed by atoms with E-state index in [0.717, 1.165) is 34.4 Å². The number of halogens is 1. The van der Waals surface area contributed by atoms with Crippen LogP contribution in [0.1, 0.15) is 37.7 Å². The van der Waals surface area contributed by atoms with Gasteiger partial charge in [0.2, 0.25) is 0 Å². The molecule has 0 aromatic heterocycles. The second kappa shape index (κ2) is 4.74. The van der Waals surface area contributed by atoms with E-state index in [1.54, 1.807) is 0 Å². The van der Waals surface area contributed by atoms with E-state index in [0.29, 0.717) is 13.2 Å². The zero-order chi connectivity index (χ0) is 12.6. The van der Waals surface area contributed by atoms with Crippen molar-refractivity contribution in [2.24, 2.45) is 5.73 Å². The third kappa shape index (κ3) is 2.01. The van der Waals surface area contributed by atoms with Crippen molar-refractivity contribution in [1.82, 2.24) is 0 Å². The Labute approximate surface area is 116 Å². The van der Waals surface area contributed by atoms with E-state index >= 15 is 0 Å². The maximum atomic E-state index is 6.59. The Morgan fingerprint density at radius 1 is 1.06 bits per heavy atom. The first-order valence-corrected chi connectivity index (χ1v) is 7.37. The van der Waals surface area contributed by atoms with Crippen LogP contribution in [0.3, 0.4) is 0 Å². The van der Waals surface area contributed by atoms with E-state index in [9.17, 15) is 0 Å². The summed E-state index contributed by atoms with van der Waals surface area (Å²) in [5.41, 5.74) is 7.53. The van der Waals surface area contributed by atoms with Crippen LogP contribution in [0.4, 0.5) is 0 Å². The zero-order valence-electron chi connectivity index (χ0n) is 10.4. The first-order valence-electron chi connectivity index (χ1n) is 6.58. The highest BCUT2D eigenvalue weighted by Crippen LogP contribution is 2.46. The highest BCUT2D eigenvalue weighted by molar-refractivity contribution is 9.10. The molecule has 0 amide bonds. The third-order valence-electron chi connectivity index (χ3n) is 3.93. The summed E-state index contributed by atoms with van der Waals surface area (Å²) in [6.07, 6.45) is 5.80. The van der Waals surface area contributed by atoms with E-state index in [-0.39, 0.29) is 5.54 Å². The highest BCUT2D eigenvalue weighted by atomic mass is 79.9. The van der Waals surface area contributed by atoms with Crippen molar-refractivity contribution < 1.29 is 9.47 Å². The number of ether oxygens (including phenoxy) is 2. The fourth-order valence-corrected chi connectivity index (χ4v) is 3.76. The fraction of sp³-hybridized carbons (Fsp3) is 0.571. The van der Waals surface area contributed by atoms with Gasteiger partial charge in [-0.05, 0) is 40.4 Å². The van der Waals surface area contributed by atoms with Gasteiger partial charge in [-0.3, -0.25) is 0 Å². The second-order valence-corrected chi connectivity index (χ2v) is 5.96. The van der Waals surface area contributed by atoms with Gasteiger partial charge < -0.3 is 15.2 Å². The minimum atomic E-state index is -0.215. The molecule has 3 rings (SSSR count). The lowest BCUT2D eigenvalue weighted by Crippen LogP contribution is -2.39. The predicted molar refractivity (Wildman–Crippen MR) is 74.1 cm³/mol. The topological polar surface area (TPSA) is 44.5 Å². The summed E-state index contributed by atoms with van der Waals surface area (Å²) in [5, 5.41) is 0. The van der Waals surface area contributed by atoms with Gasteiger partial charge >= 0.3 is 0 Å². The molecule has 0 atom stereocenters. The van der Waals surface area contributed by atoms with Gasteiger partial charge in [-0.15, -0.1) is 0 Å². The summed E-state index contributed by atoms with van der Waals surface area (Å²) in [6, 6.07) is 4.07. The standard InChI is InChI=1S/C14H18BrNO2/c15-12-10(14(16)6-2-1-3-7-14)4-5-11-13(12)18-9-8-17-11/h4-5H,1-3,6-9,16H2. The van der Waals surface area contributed by atoms with Crippen molar-refractivity contribution in [3.05, 3.63) is 22.2 Å². The van der Waals surface area contributed by atoms with Crippen molar-refractivity contribution in [2.45, 2.75) is 37.6 Å². The van der Waals surface area contributed by atoms with Gasteiger partial charge in [-0.2, -0.15) is 0 Å². The van der Waals surface area contributed by atoms with Gasteiger partial charge in [-0.25, -0.2) is 0 Å². The molecule has 0 spiro atoms. The predicted octanol–water partition coefficient (Wildman–Crippen LogP) is 3.34. The van der Waals surface area contributed by atoms with E-state index in [2.05, 4.69) is 22.0 Å². The zero-order valence-corrected chi connectivity index (χ0v) is 12.0. The lowest BCUT2D eigenvalue weighted by Gasteiger charge is -2.35. The Bertz CT molecular complexity index is 455. The van der Waals surface area contributed by atoms with Gasteiger partial charge in [0.25, 0.3) is 0 Å². The minimum absolute atomic E-state index is 0.215. The highest BCUT2D eigenvalue weighted by Gasteiger charge is 2.33. The molecule has 0 bridgehead atoms. The smallest absolute Gasteiger partial charge is 0.175 e. The molecule has 4 heteroatoms. The Hall–Kier alpha value is -0.740. The number of hydrogen-bond acceptors (Lipinski definition) is 3. The van der Waals surface area contributed by atoms with Crippen LogP contribution < -0.4 is 15.2 Å². The van der Waals surface area contributed by atoms with Gasteiger partial charge in [0.1, 0.15) is 13.2 Å². The Morgan fingerprint density at radius 2 is 1.78 bits per heavy atom. The van der Waals surface area contributed by atoms with Crippen LogP contribution in [0.5, 0.6) is 11.5 Å². The molecule has 0 radical (unpaired) electrons. The lowest BCUT2D eigenvalue weighted by molar-refractivity contribution is 0.169. The molecule has 3 nitrogen and oxygen atoms in total. The molecule has 1 aromatic carbocycles. The molecule has 2 N–H and O–H groups in total. The largest absolute Gasteiger partial charge is 0.486 e. The summed E-state index contributed by atoms with van der Waals surface area (Å²) in [7, 11) is 0. The van der Waals surface area contributed by atoms with Crippen molar-refractivity contribution in [3.8, 4) is 11.5 Å². The molecule has 1 aromatic rings. The molecule has 1 fully saturated rings. The molecule has 0 saturated heterocycles. The number of hydrogen-bond donors (Lipinski definition) is 1. The quantitative estimate of drug-likeness (QED) is 0.865. The van der Waals surface area contributed by atoms with Gasteiger partial charge in [0.15, 0.2) is 11.5 Å². The fourth-order valence-electron chi connectivity index (χ4n) is 2.92. The van der Waals surface area contributed by atoms with Crippen LogP contribution >= 0.6 is 15.9 Å². The van der Waals surface area contributed by atoms with Crippen LogP contribution in [0.15, 0.2) is 16.6 Å². The Morgan fingerprint density at radius 3 is 2.56 bits per heavy atom. The van der Waals surface area contributed by atoms with Crippen LogP contribution in [0.2, 0.25) is 0 Å². The molecule has 1 aliphatic heterocycles. The van der Waals surface area contributed by atoms with Crippen molar-refractivity contribution in [3.63, 3.8) is 0 Å². The molecule has 18 heavy (non-hydrogen) atoms. The second-order valence-electron chi connectivity index (χ2n) is 5.17. The third-order valence-corrected chi connectivity index (χ3v) is 4.72. The molecule has 0 unspecified atom stereocenters. The van der Waals surface area contributed by atoms with Crippen LogP contribution in [-0.2, 0) is 5.54 Å². The minimum Gasteiger partial charge on any atom is -0.486 e. The average molecular weight is 312 g/mol. The SMILES string of the molecule is NC1(c2ccc3c(c2Br)OCCO3)CCCCC1. The van der Waals surface area contributed by atoms with Crippen LogP contribution in [0, 0.1) is 0 Å². The maximum Gasteiger partial charge on any atom is 0.175 e. The Kier molecular flexibility index (Phi) is 3.24. The van der Waals surface area contributed by atoms with E-state index in [4.69, 9.17) is 15.2 Å². The van der Waals surface area contributed by atoms with Crippen molar-refractivity contribution >= 4 is 15.9 Å². The van der Waals surface area contributed by atoms with Crippen molar-refractivity contribution in [1.29, 1.82) is 0 Å². The van der Waals surface area contributed by atoms with Crippen LogP contribution in [0.25, 0.3) is 0 Å². The number of benzene rings is 1. The molecule has 1 heterocycles. The number of rotatable bonds is 1. The van der Waals surface area contributed by atoms with Gasteiger partial charge in [0.05, 0.1) is 4.47 Å². The van der Waals surface area contributed by atoms with Crippen LogP contribution in [-0.4, -0.2) is 13.2 Å². The Balaban J connectivity index is 2.02. The summed E-state index contributed by atoms with van der Waals surface area (Å²) in [5.74, 6) is 1.63. The maximum absolute atomic E-state index is 6.59. The number of fused-ring (bicyclic) bond motifs is 1. The summed E-state index contributed by atoms with van der Waals surface area (Å²) >= 11 is 3.65. The van der Waals surface area contributed by atoms with E-state index < -0.39 is 0 Å². The first-order chi connectivity index (χ1) is 8.71. The summed E-state index contributed by atoms with van der Waals surface area (Å²) in [6.45, 7) is 1.22. The molecular weight excluding hydrogens is 294 g/mol. The molecule has 1 aliphatic carbocycles. The average Bonchev–Trinajstić information content (AvgIpc) is 2.40. The van der Waals surface area contributed by atoms with E-state index in [1.165, 1.54) is 19.3 Å². The normalized spacial score (nSPS) is 21.7. The lowest BCUT2D eigenvalue weighted by atomic mass is 9.77. The van der Waals surface area contributed by atoms with E-state index in [1.807, 2.05) is 6.07 Å². The monoisotopic (exact) mass is 311 g/mol. The van der Waals surface area contributed by atoms with Gasteiger partial charge in [0, 0.05) is 5.54 Å². The molecule has 2 aliphatic rings. The molecular formula is C14H18BrNO2. The van der Waals surface area contributed by atoms with Gasteiger partial charge in [-0.1, -0.05) is 25.3 Å².